The summed E-state index contributed by atoms with van der Waals surface area (Å²) in [7, 11) is 0. The third-order valence-corrected chi connectivity index (χ3v) is 3.14. The molecule has 2 rings (SSSR count). The fourth-order valence-electron chi connectivity index (χ4n) is 2.21. The Labute approximate surface area is 113 Å². The van der Waals surface area contributed by atoms with Gasteiger partial charge in [-0.1, -0.05) is 18.2 Å². The molecule has 0 saturated carbocycles. The number of aromatic nitrogens is 1. The number of amides is 1. The summed E-state index contributed by atoms with van der Waals surface area (Å²) in [5, 5.41) is 0.897. The minimum absolute atomic E-state index is 0.0228. The van der Waals surface area contributed by atoms with E-state index < -0.39 is 0 Å². The number of hydrogen-bond donors (Lipinski definition) is 1. The third-order valence-electron chi connectivity index (χ3n) is 3.14. The Morgan fingerprint density at radius 1 is 1.37 bits per heavy atom. The maximum absolute atomic E-state index is 12.6. The summed E-state index contributed by atoms with van der Waals surface area (Å²) in [6.07, 6.45) is 0. The second kappa shape index (κ2) is 5.80. The Kier molecular flexibility index (Phi) is 4.12. The van der Waals surface area contributed by atoms with Gasteiger partial charge in [-0.2, -0.15) is 0 Å². The van der Waals surface area contributed by atoms with Crippen LogP contribution in [0.15, 0.2) is 30.3 Å². The van der Waals surface area contributed by atoms with E-state index in [1.54, 1.807) is 4.90 Å². The molecule has 0 aliphatic rings. The van der Waals surface area contributed by atoms with Gasteiger partial charge in [0.2, 0.25) is 0 Å². The van der Waals surface area contributed by atoms with E-state index in [9.17, 15) is 4.79 Å². The zero-order valence-corrected chi connectivity index (χ0v) is 11.4. The van der Waals surface area contributed by atoms with E-state index in [0.717, 1.165) is 16.6 Å². The number of para-hydroxylation sites is 1. The first kappa shape index (κ1) is 13.5. The van der Waals surface area contributed by atoms with E-state index in [1.807, 2.05) is 44.2 Å². The molecular formula is C15H19N3O. The Morgan fingerprint density at radius 3 is 2.79 bits per heavy atom. The summed E-state index contributed by atoms with van der Waals surface area (Å²) >= 11 is 0. The van der Waals surface area contributed by atoms with Gasteiger partial charge in [-0.05, 0) is 26.0 Å². The van der Waals surface area contributed by atoms with Gasteiger partial charge >= 0.3 is 0 Å². The summed E-state index contributed by atoms with van der Waals surface area (Å²) < 4.78 is 0. The van der Waals surface area contributed by atoms with E-state index in [2.05, 4.69) is 4.98 Å². The summed E-state index contributed by atoms with van der Waals surface area (Å²) in [5.74, 6) is 0.0228. The van der Waals surface area contributed by atoms with E-state index in [0.29, 0.717) is 25.2 Å². The number of nitrogens with zero attached hydrogens (tertiary/aromatic N) is 2. The van der Waals surface area contributed by atoms with Gasteiger partial charge in [0.25, 0.3) is 5.91 Å². The van der Waals surface area contributed by atoms with E-state index in [1.165, 1.54) is 0 Å². The minimum Gasteiger partial charge on any atom is -0.338 e. The zero-order chi connectivity index (χ0) is 13.8. The zero-order valence-electron chi connectivity index (χ0n) is 11.4. The minimum atomic E-state index is 0.0228. The normalized spacial score (nSPS) is 10.7. The highest BCUT2D eigenvalue weighted by molar-refractivity contribution is 6.06. The predicted octanol–water partition coefficient (Wildman–Crippen LogP) is 1.96. The molecule has 1 heterocycles. The number of rotatable bonds is 4. The SMILES string of the molecule is CCN(CCN)C(=O)c1cc(C)nc2ccccc12. The maximum atomic E-state index is 12.6. The first-order valence-electron chi connectivity index (χ1n) is 6.53. The molecule has 1 aromatic carbocycles. The summed E-state index contributed by atoms with van der Waals surface area (Å²) in [6, 6.07) is 9.57. The lowest BCUT2D eigenvalue weighted by Gasteiger charge is -2.21. The Bertz CT molecular complexity index is 595. The Balaban J connectivity index is 2.52. The van der Waals surface area contributed by atoms with Gasteiger partial charge in [0.15, 0.2) is 0 Å². The second-order valence-electron chi connectivity index (χ2n) is 4.50. The monoisotopic (exact) mass is 257 g/mol. The van der Waals surface area contributed by atoms with Crippen molar-refractivity contribution in [1.29, 1.82) is 0 Å². The van der Waals surface area contributed by atoms with Gasteiger partial charge in [0.1, 0.15) is 0 Å². The molecule has 0 aliphatic heterocycles. The molecule has 0 radical (unpaired) electrons. The van der Waals surface area contributed by atoms with Crippen LogP contribution in [-0.4, -0.2) is 35.4 Å². The Hall–Kier alpha value is -1.94. The average Bonchev–Trinajstić information content (AvgIpc) is 2.43. The highest BCUT2D eigenvalue weighted by Gasteiger charge is 2.17. The van der Waals surface area contributed by atoms with Gasteiger partial charge in [-0.3, -0.25) is 9.78 Å². The second-order valence-corrected chi connectivity index (χ2v) is 4.50. The molecule has 0 fully saturated rings. The van der Waals surface area contributed by atoms with Crippen molar-refractivity contribution in [2.45, 2.75) is 13.8 Å². The molecule has 100 valence electrons. The molecular weight excluding hydrogens is 238 g/mol. The molecule has 0 bridgehead atoms. The molecule has 0 atom stereocenters. The van der Waals surface area contributed by atoms with Gasteiger partial charge < -0.3 is 10.6 Å². The number of aryl methyl sites for hydroxylation is 1. The number of nitrogens with two attached hydrogens (primary N) is 1. The Morgan fingerprint density at radius 2 is 2.11 bits per heavy atom. The largest absolute Gasteiger partial charge is 0.338 e. The third kappa shape index (κ3) is 2.74. The molecule has 4 heteroatoms. The van der Waals surface area contributed by atoms with E-state index >= 15 is 0 Å². The van der Waals surface area contributed by atoms with Gasteiger partial charge in [0, 0.05) is 30.7 Å². The van der Waals surface area contributed by atoms with E-state index in [-0.39, 0.29) is 5.91 Å². The molecule has 4 nitrogen and oxygen atoms in total. The van der Waals surface area contributed by atoms with Crippen LogP contribution in [0.25, 0.3) is 10.9 Å². The lowest BCUT2D eigenvalue weighted by molar-refractivity contribution is 0.0771. The van der Waals surface area contributed by atoms with Crippen LogP contribution >= 0.6 is 0 Å². The number of pyridine rings is 1. The van der Waals surface area contributed by atoms with Crippen LogP contribution in [0.4, 0.5) is 0 Å². The molecule has 19 heavy (non-hydrogen) atoms. The molecule has 0 saturated heterocycles. The van der Waals surface area contributed by atoms with Crippen LogP contribution in [0.3, 0.4) is 0 Å². The number of likely N-dealkylation sites (N-methyl/N-ethyl adjacent to an activating group) is 1. The van der Waals surface area contributed by atoms with Crippen LogP contribution in [0.1, 0.15) is 23.0 Å². The average molecular weight is 257 g/mol. The lowest BCUT2D eigenvalue weighted by Crippen LogP contribution is -2.35. The summed E-state index contributed by atoms with van der Waals surface area (Å²) in [5.41, 5.74) is 7.97. The summed E-state index contributed by atoms with van der Waals surface area (Å²) in [4.78, 5) is 18.8. The van der Waals surface area contributed by atoms with Crippen LogP contribution in [0.2, 0.25) is 0 Å². The maximum Gasteiger partial charge on any atom is 0.254 e. The van der Waals surface area contributed by atoms with Crippen LogP contribution < -0.4 is 5.73 Å². The number of carbonyl (C=O) groups excluding carboxylic acids is 1. The topological polar surface area (TPSA) is 59.2 Å². The predicted molar refractivity (Wildman–Crippen MR) is 77.1 cm³/mol. The smallest absolute Gasteiger partial charge is 0.254 e. The van der Waals surface area contributed by atoms with Crippen LogP contribution in [0.5, 0.6) is 0 Å². The van der Waals surface area contributed by atoms with Gasteiger partial charge in [-0.15, -0.1) is 0 Å². The van der Waals surface area contributed by atoms with Crippen LogP contribution in [-0.2, 0) is 0 Å². The van der Waals surface area contributed by atoms with Crippen molar-refractivity contribution in [3.05, 3.63) is 41.6 Å². The van der Waals surface area contributed by atoms with Gasteiger partial charge in [-0.25, -0.2) is 0 Å². The lowest BCUT2D eigenvalue weighted by atomic mass is 10.1. The number of fused-ring (bicyclic) bond motifs is 1. The molecule has 1 amide bonds. The first-order valence-corrected chi connectivity index (χ1v) is 6.53. The van der Waals surface area contributed by atoms with Crippen molar-refractivity contribution in [1.82, 2.24) is 9.88 Å². The molecule has 0 unspecified atom stereocenters. The molecule has 2 aromatic rings. The molecule has 2 N–H and O–H groups in total. The standard InChI is InChI=1S/C15H19N3O/c1-3-18(9-8-16)15(19)13-10-11(2)17-14-7-5-4-6-12(13)14/h4-7,10H,3,8-9,16H2,1-2H3. The van der Waals surface area contributed by atoms with Crippen molar-refractivity contribution in [2.75, 3.05) is 19.6 Å². The first-order chi connectivity index (χ1) is 9.17. The van der Waals surface area contributed by atoms with Crippen molar-refractivity contribution in [3.63, 3.8) is 0 Å². The number of hydrogen-bond acceptors (Lipinski definition) is 3. The van der Waals surface area contributed by atoms with Crippen molar-refractivity contribution in [3.8, 4) is 0 Å². The van der Waals surface area contributed by atoms with Crippen molar-refractivity contribution in [2.24, 2.45) is 5.73 Å². The highest BCUT2D eigenvalue weighted by atomic mass is 16.2. The van der Waals surface area contributed by atoms with Gasteiger partial charge in [0.05, 0.1) is 11.1 Å². The fraction of sp³-hybridized carbons (Fsp3) is 0.333. The molecule has 0 spiro atoms. The van der Waals surface area contributed by atoms with Crippen LogP contribution in [0, 0.1) is 6.92 Å². The van der Waals surface area contributed by atoms with Crippen molar-refractivity contribution < 1.29 is 4.79 Å². The number of benzene rings is 1. The fourth-order valence-corrected chi connectivity index (χ4v) is 2.21. The highest BCUT2D eigenvalue weighted by Crippen LogP contribution is 2.19. The molecule has 1 aromatic heterocycles. The van der Waals surface area contributed by atoms with Crippen molar-refractivity contribution >= 4 is 16.8 Å². The number of carbonyl (C=O) groups is 1. The van der Waals surface area contributed by atoms with E-state index in [4.69, 9.17) is 5.73 Å². The quantitative estimate of drug-likeness (QED) is 0.911. The summed E-state index contributed by atoms with van der Waals surface area (Å²) in [6.45, 7) is 5.57. The molecule has 0 aliphatic carbocycles.